The van der Waals surface area contributed by atoms with Crippen LogP contribution in [0.5, 0.6) is 0 Å². The Balaban J connectivity index is 1.65. The molecule has 1 aliphatic heterocycles. The summed E-state index contributed by atoms with van der Waals surface area (Å²) in [6.07, 6.45) is 1.60. The lowest BCUT2D eigenvalue weighted by Crippen LogP contribution is -2.60. The van der Waals surface area contributed by atoms with Crippen LogP contribution >= 0.6 is 0 Å². The average Bonchev–Trinajstić information content (AvgIpc) is 2.63. The molecular formula is C21H26N2O2. The molecule has 0 spiro atoms. The maximum Gasteiger partial charge on any atom is 0.329 e. The molecule has 1 heterocycles. The van der Waals surface area contributed by atoms with Crippen LogP contribution in [0, 0.1) is 5.92 Å². The zero-order chi connectivity index (χ0) is 17.7. The first kappa shape index (κ1) is 17.5. The monoisotopic (exact) mass is 338 g/mol. The van der Waals surface area contributed by atoms with Crippen LogP contribution in [0.2, 0.25) is 0 Å². The molecule has 4 nitrogen and oxygen atoms in total. The third-order valence-corrected chi connectivity index (χ3v) is 5.28. The molecular weight excluding hydrogens is 312 g/mol. The molecule has 0 aromatic heterocycles. The van der Waals surface area contributed by atoms with E-state index in [0.29, 0.717) is 6.42 Å². The van der Waals surface area contributed by atoms with Crippen molar-refractivity contribution in [2.75, 3.05) is 25.0 Å². The number of carboxylic acid groups (broad SMARTS) is 1. The zero-order valence-electron chi connectivity index (χ0n) is 14.7. The summed E-state index contributed by atoms with van der Waals surface area (Å²) in [5.41, 5.74) is 1.30. The van der Waals surface area contributed by atoms with Crippen molar-refractivity contribution >= 4 is 11.7 Å². The van der Waals surface area contributed by atoms with E-state index in [0.717, 1.165) is 31.7 Å². The Kier molecular flexibility index (Phi) is 5.39. The van der Waals surface area contributed by atoms with E-state index in [9.17, 15) is 9.90 Å². The summed E-state index contributed by atoms with van der Waals surface area (Å²) in [6, 6.07) is 20.1. The summed E-state index contributed by atoms with van der Waals surface area (Å²) in [5, 5.41) is 13.2. The smallest absolute Gasteiger partial charge is 0.329 e. The number of hydrogen-bond donors (Lipinski definition) is 2. The Morgan fingerprint density at radius 1 is 1.16 bits per heavy atom. The fraction of sp³-hybridized carbons (Fsp3) is 0.381. The molecule has 3 rings (SSSR count). The normalized spacial score (nSPS) is 24.0. The van der Waals surface area contributed by atoms with Gasteiger partial charge in [0.25, 0.3) is 0 Å². The molecule has 2 aromatic rings. The zero-order valence-corrected chi connectivity index (χ0v) is 14.7. The van der Waals surface area contributed by atoms with Gasteiger partial charge in [-0.05, 0) is 30.5 Å². The topological polar surface area (TPSA) is 52.6 Å². The number of para-hydroxylation sites is 1. The fourth-order valence-corrected chi connectivity index (χ4v) is 3.69. The van der Waals surface area contributed by atoms with E-state index < -0.39 is 11.5 Å². The van der Waals surface area contributed by atoms with Crippen LogP contribution in [0.15, 0.2) is 60.7 Å². The van der Waals surface area contributed by atoms with Gasteiger partial charge in [-0.1, -0.05) is 55.5 Å². The van der Waals surface area contributed by atoms with Crippen molar-refractivity contribution in [2.24, 2.45) is 5.92 Å². The first-order valence-corrected chi connectivity index (χ1v) is 8.93. The van der Waals surface area contributed by atoms with Gasteiger partial charge in [0.05, 0.1) is 0 Å². The highest BCUT2D eigenvalue weighted by Gasteiger charge is 2.47. The summed E-state index contributed by atoms with van der Waals surface area (Å²) in [4.78, 5) is 14.5. The number of nitrogens with one attached hydrogen (secondary N) is 1. The van der Waals surface area contributed by atoms with Gasteiger partial charge in [0, 0.05) is 31.2 Å². The number of likely N-dealkylation sites (tertiary alicyclic amines) is 1. The van der Waals surface area contributed by atoms with Crippen LogP contribution in [0.1, 0.15) is 18.9 Å². The van der Waals surface area contributed by atoms with Crippen LogP contribution < -0.4 is 5.32 Å². The largest absolute Gasteiger partial charge is 0.479 e. The van der Waals surface area contributed by atoms with Gasteiger partial charge in [-0.25, -0.2) is 4.79 Å². The first-order valence-electron chi connectivity index (χ1n) is 8.93. The van der Waals surface area contributed by atoms with E-state index in [2.05, 4.69) is 34.5 Å². The number of carbonyl (C=O) groups is 1. The third-order valence-electron chi connectivity index (χ3n) is 5.28. The van der Waals surface area contributed by atoms with E-state index in [1.807, 2.05) is 43.3 Å². The molecule has 1 aliphatic rings. The Morgan fingerprint density at radius 2 is 1.80 bits per heavy atom. The second-order valence-electron chi connectivity index (χ2n) is 6.95. The van der Waals surface area contributed by atoms with Gasteiger partial charge < -0.3 is 15.3 Å². The summed E-state index contributed by atoms with van der Waals surface area (Å²) in [5.74, 6) is -0.735. The standard InChI is InChI=1S/C21H26N2O2/c1-17-16-23(14-12-18-8-4-2-5-9-18)15-13-21(17,20(24)25)22-19-10-6-3-7-11-19/h2-11,17,22H,12-16H2,1H3,(H,24,25)/t17-,21+/m0/s1. The number of rotatable bonds is 6. The van der Waals surface area contributed by atoms with Gasteiger partial charge in [-0.2, -0.15) is 0 Å². The predicted molar refractivity (Wildman–Crippen MR) is 101 cm³/mol. The molecule has 1 saturated heterocycles. The lowest BCUT2D eigenvalue weighted by molar-refractivity contribution is -0.146. The van der Waals surface area contributed by atoms with Crippen LogP contribution in [-0.2, 0) is 11.2 Å². The fourth-order valence-electron chi connectivity index (χ4n) is 3.69. The van der Waals surface area contributed by atoms with Crippen LogP contribution in [0.3, 0.4) is 0 Å². The van der Waals surface area contributed by atoms with Crippen molar-refractivity contribution in [3.8, 4) is 0 Å². The minimum absolute atomic E-state index is 0.0229. The lowest BCUT2D eigenvalue weighted by atomic mass is 9.78. The number of aliphatic carboxylic acids is 1. The van der Waals surface area contributed by atoms with Crippen molar-refractivity contribution in [1.29, 1.82) is 0 Å². The predicted octanol–water partition coefficient (Wildman–Crippen LogP) is 3.51. The van der Waals surface area contributed by atoms with Gasteiger partial charge in [0.1, 0.15) is 5.54 Å². The second kappa shape index (κ2) is 7.70. The Bertz CT molecular complexity index is 690. The highest BCUT2D eigenvalue weighted by molar-refractivity contribution is 5.83. The summed E-state index contributed by atoms with van der Waals surface area (Å²) in [7, 11) is 0. The third kappa shape index (κ3) is 4.02. The van der Waals surface area contributed by atoms with E-state index in [-0.39, 0.29) is 5.92 Å². The minimum atomic E-state index is -0.898. The highest BCUT2D eigenvalue weighted by Crippen LogP contribution is 2.32. The molecule has 25 heavy (non-hydrogen) atoms. The molecule has 0 saturated carbocycles. The quantitative estimate of drug-likeness (QED) is 0.846. The molecule has 2 N–H and O–H groups in total. The Labute approximate surface area is 149 Å². The second-order valence-corrected chi connectivity index (χ2v) is 6.95. The Hall–Kier alpha value is -2.33. The maximum absolute atomic E-state index is 12.1. The number of anilines is 1. The minimum Gasteiger partial charge on any atom is -0.479 e. The lowest BCUT2D eigenvalue weighted by Gasteiger charge is -2.44. The molecule has 0 radical (unpaired) electrons. The summed E-state index contributed by atoms with van der Waals surface area (Å²) >= 11 is 0. The van der Waals surface area contributed by atoms with E-state index >= 15 is 0 Å². The molecule has 4 heteroatoms. The van der Waals surface area contributed by atoms with Crippen LogP contribution in [0.25, 0.3) is 0 Å². The van der Waals surface area contributed by atoms with E-state index in [1.165, 1.54) is 5.56 Å². The highest BCUT2D eigenvalue weighted by atomic mass is 16.4. The number of hydrogen-bond acceptors (Lipinski definition) is 3. The molecule has 0 aliphatic carbocycles. The van der Waals surface area contributed by atoms with Gasteiger partial charge in [-0.3, -0.25) is 0 Å². The van der Waals surface area contributed by atoms with Crippen molar-refractivity contribution < 1.29 is 9.90 Å². The summed E-state index contributed by atoms with van der Waals surface area (Å²) < 4.78 is 0. The average molecular weight is 338 g/mol. The van der Waals surface area contributed by atoms with Crippen LogP contribution in [0.4, 0.5) is 5.69 Å². The van der Waals surface area contributed by atoms with E-state index in [4.69, 9.17) is 0 Å². The Morgan fingerprint density at radius 3 is 2.40 bits per heavy atom. The molecule has 0 bridgehead atoms. The molecule has 132 valence electrons. The first-order chi connectivity index (χ1) is 12.1. The maximum atomic E-state index is 12.1. The van der Waals surface area contributed by atoms with Gasteiger partial charge >= 0.3 is 5.97 Å². The van der Waals surface area contributed by atoms with Crippen molar-refractivity contribution in [2.45, 2.75) is 25.3 Å². The van der Waals surface area contributed by atoms with Crippen molar-refractivity contribution in [3.63, 3.8) is 0 Å². The van der Waals surface area contributed by atoms with Gasteiger partial charge in [0.15, 0.2) is 0 Å². The summed E-state index contributed by atoms with van der Waals surface area (Å²) in [6.45, 7) is 4.59. The molecule has 0 unspecified atom stereocenters. The van der Waals surface area contributed by atoms with Crippen molar-refractivity contribution in [1.82, 2.24) is 4.90 Å². The SMILES string of the molecule is C[C@H]1CN(CCc2ccccc2)CC[C@]1(Nc1ccccc1)C(=O)O. The number of carboxylic acids is 1. The molecule has 0 amide bonds. The van der Waals surface area contributed by atoms with Gasteiger partial charge in [0.2, 0.25) is 0 Å². The van der Waals surface area contributed by atoms with Crippen LogP contribution in [-0.4, -0.2) is 41.1 Å². The number of nitrogens with zero attached hydrogens (tertiary/aromatic N) is 1. The number of piperidine rings is 1. The van der Waals surface area contributed by atoms with E-state index in [1.54, 1.807) is 0 Å². The molecule has 2 aromatic carbocycles. The van der Waals surface area contributed by atoms with Crippen molar-refractivity contribution in [3.05, 3.63) is 66.2 Å². The molecule has 1 fully saturated rings. The van der Waals surface area contributed by atoms with Gasteiger partial charge in [-0.15, -0.1) is 0 Å². The number of benzene rings is 2. The molecule has 2 atom stereocenters.